The maximum Gasteiger partial charge on any atom is 0.255 e. The Morgan fingerprint density at radius 1 is 0.933 bits per heavy atom. The summed E-state index contributed by atoms with van der Waals surface area (Å²) < 4.78 is 16.2. The van der Waals surface area contributed by atoms with E-state index in [1.165, 1.54) is 25.5 Å². The standard InChI is InChI=1S/C24H30N2O4/c1-28-21-12-11-20(22(29-2)23(21)30-3)24(27)25-17-13-18-9-10-19(14-17)26(18)15-16-7-5-4-6-8-16/h4-8,11-12,17-19H,9-10,13-15H2,1-3H3,(H,25,27). The molecule has 0 aliphatic carbocycles. The van der Waals surface area contributed by atoms with Crippen molar-refractivity contribution in [1.82, 2.24) is 10.2 Å². The number of carbonyl (C=O) groups is 1. The van der Waals surface area contributed by atoms with Gasteiger partial charge < -0.3 is 19.5 Å². The maximum absolute atomic E-state index is 13.1. The van der Waals surface area contributed by atoms with Crippen molar-refractivity contribution in [2.24, 2.45) is 0 Å². The van der Waals surface area contributed by atoms with Crippen LogP contribution in [0.15, 0.2) is 42.5 Å². The number of amides is 1. The third kappa shape index (κ3) is 3.97. The minimum absolute atomic E-state index is 0.131. The lowest BCUT2D eigenvalue weighted by atomic mass is 9.96. The van der Waals surface area contributed by atoms with Crippen molar-refractivity contribution in [2.75, 3.05) is 21.3 Å². The molecule has 2 atom stereocenters. The van der Waals surface area contributed by atoms with Crippen LogP contribution in [-0.4, -0.2) is 50.3 Å². The number of rotatable bonds is 7. The molecule has 2 saturated heterocycles. The number of nitrogens with one attached hydrogen (secondary N) is 1. The third-order valence-corrected chi connectivity index (χ3v) is 6.38. The Balaban J connectivity index is 1.45. The van der Waals surface area contributed by atoms with Crippen LogP contribution >= 0.6 is 0 Å². The smallest absolute Gasteiger partial charge is 0.255 e. The Morgan fingerprint density at radius 2 is 1.60 bits per heavy atom. The summed E-state index contributed by atoms with van der Waals surface area (Å²) in [5.41, 5.74) is 1.82. The van der Waals surface area contributed by atoms with Crippen LogP contribution in [0.3, 0.4) is 0 Å². The minimum atomic E-state index is -0.131. The molecule has 2 heterocycles. The quantitative estimate of drug-likeness (QED) is 0.755. The van der Waals surface area contributed by atoms with Crippen LogP contribution in [-0.2, 0) is 6.54 Å². The number of piperidine rings is 1. The van der Waals surface area contributed by atoms with Crippen molar-refractivity contribution >= 4 is 5.91 Å². The molecule has 0 radical (unpaired) electrons. The molecule has 30 heavy (non-hydrogen) atoms. The molecule has 6 heteroatoms. The molecule has 0 aromatic heterocycles. The number of nitrogens with zero attached hydrogens (tertiary/aromatic N) is 1. The third-order valence-electron chi connectivity index (χ3n) is 6.38. The molecule has 2 unspecified atom stereocenters. The van der Waals surface area contributed by atoms with E-state index in [4.69, 9.17) is 14.2 Å². The van der Waals surface area contributed by atoms with Crippen LogP contribution in [0.2, 0.25) is 0 Å². The lowest BCUT2D eigenvalue weighted by molar-refractivity contribution is 0.0825. The van der Waals surface area contributed by atoms with Gasteiger partial charge in [-0.25, -0.2) is 0 Å². The van der Waals surface area contributed by atoms with Crippen LogP contribution in [0, 0.1) is 0 Å². The first-order valence-electron chi connectivity index (χ1n) is 10.5. The molecular weight excluding hydrogens is 380 g/mol. The molecule has 160 valence electrons. The van der Waals surface area contributed by atoms with Crippen LogP contribution < -0.4 is 19.5 Å². The van der Waals surface area contributed by atoms with Gasteiger partial charge in [0.2, 0.25) is 5.75 Å². The molecule has 4 rings (SSSR count). The predicted molar refractivity (Wildman–Crippen MR) is 115 cm³/mol. The summed E-state index contributed by atoms with van der Waals surface area (Å²) in [5, 5.41) is 3.24. The van der Waals surface area contributed by atoms with E-state index < -0.39 is 0 Å². The molecule has 2 fully saturated rings. The molecule has 0 spiro atoms. The molecule has 6 nitrogen and oxygen atoms in total. The monoisotopic (exact) mass is 410 g/mol. The lowest BCUT2D eigenvalue weighted by Gasteiger charge is -2.39. The van der Waals surface area contributed by atoms with Crippen LogP contribution in [0.1, 0.15) is 41.6 Å². The van der Waals surface area contributed by atoms with E-state index in [1.54, 1.807) is 26.4 Å². The van der Waals surface area contributed by atoms with Crippen molar-refractivity contribution in [1.29, 1.82) is 0 Å². The first kappa shape index (κ1) is 20.5. The second kappa shape index (κ2) is 8.96. The first-order chi connectivity index (χ1) is 14.6. The fraction of sp³-hybridized carbons (Fsp3) is 0.458. The summed E-state index contributed by atoms with van der Waals surface area (Å²) in [6, 6.07) is 15.3. The van der Waals surface area contributed by atoms with Gasteiger partial charge >= 0.3 is 0 Å². The largest absolute Gasteiger partial charge is 0.493 e. The van der Waals surface area contributed by atoms with Gasteiger partial charge in [-0.1, -0.05) is 30.3 Å². The zero-order valence-electron chi connectivity index (χ0n) is 17.9. The molecule has 2 aliphatic rings. The topological polar surface area (TPSA) is 60.0 Å². The van der Waals surface area contributed by atoms with Gasteiger partial charge in [-0.05, 0) is 43.4 Å². The Kier molecular flexibility index (Phi) is 6.13. The fourth-order valence-electron chi connectivity index (χ4n) is 4.99. The zero-order chi connectivity index (χ0) is 21.1. The molecule has 1 amide bonds. The van der Waals surface area contributed by atoms with Gasteiger partial charge in [-0.3, -0.25) is 9.69 Å². The van der Waals surface area contributed by atoms with Crippen LogP contribution in [0.4, 0.5) is 0 Å². The maximum atomic E-state index is 13.1. The van der Waals surface area contributed by atoms with E-state index in [9.17, 15) is 4.79 Å². The Bertz CT molecular complexity index is 872. The van der Waals surface area contributed by atoms with Gasteiger partial charge in [-0.15, -0.1) is 0 Å². The highest BCUT2D eigenvalue weighted by molar-refractivity contribution is 5.98. The average molecular weight is 411 g/mol. The Hall–Kier alpha value is -2.73. The molecule has 2 aliphatic heterocycles. The lowest BCUT2D eigenvalue weighted by Crippen LogP contribution is -2.50. The summed E-state index contributed by atoms with van der Waals surface area (Å²) >= 11 is 0. The van der Waals surface area contributed by atoms with Crippen LogP contribution in [0.5, 0.6) is 17.2 Å². The van der Waals surface area contributed by atoms with Crippen LogP contribution in [0.25, 0.3) is 0 Å². The van der Waals surface area contributed by atoms with E-state index >= 15 is 0 Å². The Morgan fingerprint density at radius 3 is 2.20 bits per heavy atom. The van der Waals surface area contributed by atoms with E-state index in [1.807, 2.05) is 0 Å². The number of hydrogen-bond acceptors (Lipinski definition) is 5. The van der Waals surface area contributed by atoms with E-state index in [0.717, 1.165) is 19.4 Å². The minimum Gasteiger partial charge on any atom is -0.493 e. The molecule has 2 bridgehead atoms. The Labute approximate surface area is 178 Å². The SMILES string of the molecule is COc1ccc(C(=O)NC2CC3CCC(C2)N3Cc2ccccc2)c(OC)c1OC. The number of fused-ring (bicyclic) bond motifs is 2. The molecule has 1 N–H and O–H groups in total. The summed E-state index contributed by atoms with van der Waals surface area (Å²) in [5.74, 6) is 1.25. The van der Waals surface area contributed by atoms with Gasteiger partial charge in [0, 0.05) is 24.7 Å². The predicted octanol–water partition coefficient (Wildman–Crippen LogP) is 3.64. The molecular formula is C24H30N2O4. The highest BCUT2D eigenvalue weighted by Crippen LogP contribution is 2.40. The summed E-state index contributed by atoms with van der Waals surface area (Å²) in [7, 11) is 4.65. The van der Waals surface area contributed by atoms with Crippen molar-refractivity contribution in [3.63, 3.8) is 0 Å². The molecule has 2 aromatic rings. The summed E-state index contributed by atoms with van der Waals surface area (Å²) in [6.45, 7) is 0.986. The van der Waals surface area contributed by atoms with E-state index in [0.29, 0.717) is 34.9 Å². The second-order valence-electron chi connectivity index (χ2n) is 8.07. The number of benzene rings is 2. The van der Waals surface area contributed by atoms with Gasteiger partial charge in [0.25, 0.3) is 5.91 Å². The normalized spacial score (nSPS) is 23.1. The number of methoxy groups -OCH3 is 3. The average Bonchev–Trinajstić information content (AvgIpc) is 3.00. The first-order valence-corrected chi connectivity index (χ1v) is 10.5. The zero-order valence-corrected chi connectivity index (χ0v) is 17.9. The number of hydrogen-bond donors (Lipinski definition) is 1. The fourth-order valence-corrected chi connectivity index (χ4v) is 4.99. The highest BCUT2D eigenvalue weighted by atomic mass is 16.5. The molecule has 2 aromatic carbocycles. The number of carbonyl (C=O) groups excluding carboxylic acids is 1. The second-order valence-corrected chi connectivity index (χ2v) is 8.07. The highest BCUT2D eigenvalue weighted by Gasteiger charge is 2.41. The van der Waals surface area contributed by atoms with Gasteiger partial charge in [0.15, 0.2) is 11.5 Å². The van der Waals surface area contributed by atoms with Gasteiger partial charge in [-0.2, -0.15) is 0 Å². The van der Waals surface area contributed by atoms with Crippen molar-refractivity contribution in [3.8, 4) is 17.2 Å². The number of ether oxygens (including phenoxy) is 3. The molecule has 0 saturated carbocycles. The van der Waals surface area contributed by atoms with Crippen molar-refractivity contribution < 1.29 is 19.0 Å². The van der Waals surface area contributed by atoms with Crippen molar-refractivity contribution in [2.45, 2.75) is 50.4 Å². The summed E-state index contributed by atoms with van der Waals surface area (Å²) in [6.07, 6.45) is 4.35. The van der Waals surface area contributed by atoms with Gasteiger partial charge in [0.1, 0.15) is 0 Å². The van der Waals surface area contributed by atoms with E-state index in [-0.39, 0.29) is 11.9 Å². The van der Waals surface area contributed by atoms with Crippen molar-refractivity contribution in [3.05, 3.63) is 53.6 Å². The van der Waals surface area contributed by atoms with Gasteiger partial charge in [0.05, 0.1) is 26.9 Å². The van der Waals surface area contributed by atoms with E-state index in [2.05, 4.69) is 40.5 Å². The summed E-state index contributed by atoms with van der Waals surface area (Å²) in [4.78, 5) is 15.7.